The van der Waals surface area contributed by atoms with Crippen LogP contribution in [0.3, 0.4) is 0 Å². The quantitative estimate of drug-likeness (QED) is 0.147. The topological polar surface area (TPSA) is 185 Å². The zero-order valence-corrected chi connectivity index (χ0v) is 25.6. The predicted molar refractivity (Wildman–Crippen MR) is 123 cm³/mol. The summed E-state index contributed by atoms with van der Waals surface area (Å²) in [4.78, 5) is 25.4. The Hall–Kier alpha value is -1.53. The van der Waals surface area contributed by atoms with Gasteiger partial charge in [-0.3, -0.25) is 15.2 Å². The molecule has 188 valence electrons. The van der Waals surface area contributed by atoms with Crippen molar-refractivity contribution in [2.75, 3.05) is 6.54 Å². The van der Waals surface area contributed by atoms with E-state index in [0.29, 0.717) is 12.1 Å². The molecular weight excluding hydrogens is 776 g/mol. The monoisotopic (exact) mass is 797 g/mol. The molecule has 0 spiro atoms. The Bertz CT molecular complexity index is 1020. The minimum Gasteiger partial charge on any atom is -2.00 e. The maximum atomic E-state index is 12.6. The molecule has 0 aliphatic carbocycles. The minimum absolute atomic E-state index is 0. The molecule has 0 bridgehead atoms. The number of carboxylic acids is 1. The van der Waals surface area contributed by atoms with E-state index in [-0.39, 0.29) is 57.0 Å². The largest absolute Gasteiger partial charge is 2.00 e. The van der Waals surface area contributed by atoms with Crippen molar-refractivity contribution < 1.29 is 65.2 Å². The van der Waals surface area contributed by atoms with Gasteiger partial charge in [-0.15, -0.1) is 0 Å². The number of hydrogen-bond acceptors (Lipinski definition) is 7. The maximum absolute atomic E-state index is 12.6. The number of amides is 1. The number of rotatable bonds is 6. The number of aliphatic imine (C=N–C) groups is 1. The Labute approximate surface area is 236 Å². The fourth-order valence-corrected chi connectivity index (χ4v) is 3.76. The van der Waals surface area contributed by atoms with Crippen molar-refractivity contribution in [2.24, 2.45) is 4.99 Å². The summed E-state index contributed by atoms with van der Waals surface area (Å²) in [5.41, 5.74) is 5.30. The van der Waals surface area contributed by atoms with Gasteiger partial charge in [-0.1, -0.05) is 29.3 Å². The van der Waals surface area contributed by atoms with Crippen LogP contribution in [0.2, 0.25) is 0 Å². The van der Waals surface area contributed by atoms with Gasteiger partial charge in [-0.2, -0.15) is 0 Å². The molecule has 0 saturated carbocycles. The number of nitrogens with zero attached hydrogens (tertiary/aromatic N) is 1. The van der Waals surface area contributed by atoms with E-state index in [1.807, 2.05) is 6.92 Å². The number of nitrogens with one attached hydrogen (secondary N) is 2. The van der Waals surface area contributed by atoms with E-state index in [1.165, 1.54) is 36.4 Å². The zero-order chi connectivity index (χ0) is 23.4. The van der Waals surface area contributed by atoms with Crippen LogP contribution in [0.25, 0.3) is 0 Å². The normalized spacial score (nSPS) is 10.1. The Morgan fingerprint density at radius 1 is 1.00 bits per heavy atom. The maximum Gasteiger partial charge on any atom is 0.269 e. The number of carboxylic acid groups (broad SMARTS) is 1. The molecule has 10 nitrogen and oxygen atoms in total. The molecule has 0 aliphatic heterocycles. The van der Waals surface area contributed by atoms with Crippen LogP contribution in [0.15, 0.2) is 67.8 Å². The molecule has 0 unspecified atom stereocenters. The zero-order valence-electron chi connectivity index (χ0n) is 18.2. The Kier molecular flexibility index (Phi) is 20.4. The fraction of sp³-hybridized carbons (Fsp3) is 0.250. The average Bonchev–Trinajstić information content (AvgIpc) is 2.72. The van der Waals surface area contributed by atoms with Gasteiger partial charge in [0, 0.05) is 53.7 Å². The summed E-state index contributed by atoms with van der Waals surface area (Å²) in [6.07, 6.45) is 1.93. The number of amidine groups is 1. The molecule has 0 saturated heterocycles. The predicted octanol–water partition coefficient (Wildman–Crippen LogP) is 1.74. The first-order valence-electron chi connectivity index (χ1n) is 9.14. The number of sulfone groups is 1. The number of aliphatic carboxylic acids is 1. The smallest absolute Gasteiger partial charge is 0.269 e. The summed E-state index contributed by atoms with van der Waals surface area (Å²) in [5, 5.41) is 9.09. The molecular formula is C20H22BrN3O7S2U-6. The van der Waals surface area contributed by atoms with E-state index in [0.717, 1.165) is 24.2 Å². The molecule has 2 aromatic carbocycles. The molecule has 14 heteroatoms. The molecule has 2 aromatic rings. The summed E-state index contributed by atoms with van der Waals surface area (Å²) in [7, 11) is -3.64. The molecule has 1 amide bonds. The molecule has 0 aliphatic rings. The Morgan fingerprint density at radius 3 is 1.88 bits per heavy atom. The third-order valence-electron chi connectivity index (χ3n) is 3.60. The number of benzene rings is 2. The number of hydrogen-bond donors (Lipinski definition) is 2. The number of hydrazine groups is 1. The van der Waals surface area contributed by atoms with Gasteiger partial charge in [0.2, 0.25) is 9.84 Å². The number of carbonyl (C=O) groups is 2. The molecule has 2 N–H and O–H groups in total. The third-order valence-corrected chi connectivity index (χ3v) is 6.15. The molecule has 0 radical (unpaired) electrons. The number of carbonyl (C=O) groups excluding carboxylic acids is 2. The fourth-order valence-electron chi connectivity index (χ4n) is 2.10. The van der Waals surface area contributed by atoms with Crippen molar-refractivity contribution in [3.05, 3.63) is 58.6 Å². The molecule has 0 atom stereocenters. The van der Waals surface area contributed by atoms with E-state index >= 15 is 0 Å². The SMILES string of the molecule is CC(=O)[O-].CCCCN=C([S-])NNC(=O)c1ccc(S(=O)(=O)c2ccc(Br)cc2)cc1.[O-2].[O-2].[U]. The summed E-state index contributed by atoms with van der Waals surface area (Å²) in [5.74, 6) is -1.52. The van der Waals surface area contributed by atoms with Gasteiger partial charge in [-0.05, 0) is 67.0 Å². The summed E-state index contributed by atoms with van der Waals surface area (Å²) < 4.78 is 26.0. The van der Waals surface area contributed by atoms with Gasteiger partial charge in [0.15, 0.2) is 0 Å². The van der Waals surface area contributed by atoms with Crippen molar-refractivity contribution in [1.29, 1.82) is 0 Å². The molecule has 0 aromatic heterocycles. The number of halogens is 1. The third kappa shape index (κ3) is 13.4. The van der Waals surface area contributed by atoms with Crippen molar-refractivity contribution in [2.45, 2.75) is 36.5 Å². The first kappa shape index (κ1) is 37.0. The summed E-state index contributed by atoms with van der Waals surface area (Å²) in [6, 6.07) is 12.1. The summed E-state index contributed by atoms with van der Waals surface area (Å²) in [6.45, 7) is 3.62. The molecule has 0 fully saturated rings. The summed E-state index contributed by atoms with van der Waals surface area (Å²) >= 11 is 8.27. The van der Waals surface area contributed by atoms with E-state index in [4.69, 9.17) is 22.5 Å². The molecule has 2 rings (SSSR count). The van der Waals surface area contributed by atoms with Crippen LogP contribution in [0.5, 0.6) is 0 Å². The van der Waals surface area contributed by atoms with Crippen LogP contribution in [0.4, 0.5) is 0 Å². The second-order valence-corrected chi connectivity index (χ2v) is 9.34. The van der Waals surface area contributed by atoms with Crippen LogP contribution in [0.1, 0.15) is 37.0 Å². The van der Waals surface area contributed by atoms with Crippen molar-refractivity contribution in [1.82, 2.24) is 10.9 Å². The standard InChI is InChI=1S/C18H20BrN3O3S2.C2H4O2.2O.U/c1-2-3-12-20-18(26)22-21-17(23)13-4-8-15(9-5-13)27(24,25)16-10-6-14(19)7-11-16;1-2(3)4;;;/h4-11H,2-3,12H2,1H3,(H,21,23)(H2,20,22,26);1H3,(H,3,4);;;/q;;2*-2;/p-2. The van der Waals surface area contributed by atoms with Crippen LogP contribution < -0.4 is 16.0 Å². The first-order chi connectivity index (χ1) is 14.6. The van der Waals surface area contributed by atoms with E-state index in [9.17, 15) is 13.2 Å². The average molecular weight is 798 g/mol. The second kappa shape index (κ2) is 18.8. The van der Waals surface area contributed by atoms with Crippen molar-refractivity contribution in [3.8, 4) is 0 Å². The van der Waals surface area contributed by atoms with E-state index < -0.39 is 21.7 Å². The van der Waals surface area contributed by atoms with Crippen LogP contribution in [-0.2, 0) is 38.2 Å². The van der Waals surface area contributed by atoms with Crippen molar-refractivity contribution >= 4 is 55.4 Å². The van der Waals surface area contributed by atoms with Gasteiger partial charge >= 0.3 is 0 Å². The van der Waals surface area contributed by atoms with E-state index in [1.54, 1.807) is 12.1 Å². The van der Waals surface area contributed by atoms with Crippen LogP contribution >= 0.6 is 15.9 Å². The Balaban J connectivity index is -0.00000127. The minimum atomic E-state index is -3.64. The van der Waals surface area contributed by atoms with Crippen LogP contribution in [0, 0.1) is 31.1 Å². The first-order valence-corrected chi connectivity index (χ1v) is 11.8. The van der Waals surface area contributed by atoms with Crippen molar-refractivity contribution in [3.63, 3.8) is 0 Å². The van der Waals surface area contributed by atoms with Gasteiger partial charge in [-0.25, -0.2) is 8.42 Å². The van der Waals surface area contributed by atoms with Gasteiger partial charge in [0.05, 0.1) is 9.79 Å². The van der Waals surface area contributed by atoms with Crippen LogP contribution in [-0.4, -0.2) is 32.0 Å². The second-order valence-electron chi connectivity index (χ2n) is 6.09. The van der Waals surface area contributed by atoms with Gasteiger partial charge < -0.3 is 38.9 Å². The number of unbranched alkanes of at least 4 members (excludes halogenated alkanes) is 1. The van der Waals surface area contributed by atoms with E-state index in [2.05, 4.69) is 31.8 Å². The molecule has 0 heterocycles. The Morgan fingerprint density at radius 2 is 1.44 bits per heavy atom. The molecule has 34 heavy (non-hydrogen) atoms. The van der Waals surface area contributed by atoms with Gasteiger partial charge in [0.25, 0.3) is 5.91 Å². The van der Waals surface area contributed by atoms with Gasteiger partial charge in [0.1, 0.15) is 0 Å².